The van der Waals surface area contributed by atoms with Gasteiger partial charge in [0, 0.05) is 32.3 Å². The Morgan fingerprint density at radius 1 is 1.30 bits per heavy atom. The number of hydrogen-bond donors (Lipinski definition) is 1. The first kappa shape index (κ1) is 16.2. The molecule has 4 nitrogen and oxygen atoms in total. The fourth-order valence-electron chi connectivity index (χ4n) is 3.25. The summed E-state index contributed by atoms with van der Waals surface area (Å²) >= 11 is 0. The molecule has 2 aliphatic rings. The molecule has 0 aliphatic carbocycles. The molecule has 4 heteroatoms. The van der Waals surface area contributed by atoms with E-state index in [-0.39, 0.29) is 0 Å². The minimum atomic E-state index is 0.460. The van der Waals surface area contributed by atoms with Crippen LogP contribution in [0.5, 0.6) is 0 Å². The molecule has 2 heterocycles. The fraction of sp³-hybridized carbons (Fsp3) is 1.00. The third-order valence-corrected chi connectivity index (χ3v) is 4.97. The fourth-order valence-corrected chi connectivity index (χ4v) is 3.25. The zero-order chi connectivity index (χ0) is 14.4. The van der Waals surface area contributed by atoms with E-state index < -0.39 is 0 Å². The van der Waals surface area contributed by atoms with Gasteiger partial charge in [0.15, 0.2) is 0 Å². The number of nitrogens with zero attached hydrogens (tertiary/aromatic N) is 2. The highest BCUT2D eigenvalue weighted by molar-refractivity contribution is 4.76. The molecule has 2 fully saturated rings. The monoisotopic (exact) mass is 283 g/mol. The lowest BCUT2D eigenvalue weighted by Crippen LogP contribution is -2.43. The van der Waals surface area contributed by atoms with E-state index in [4.69, 9.17) is 4.74 Å². The second-order valence-electron chi connectivity index (χ2n) is 6.83. The first-order chi connectivity index (χ1) is 9.65. The van der Waals surface area contributed by atoms with Crippen LogP contribution in [0.2, 0.25) is 0 Å². The summed E-state index contributed by atoms with van der Waals surface area (Å²) in [7, 11) is 4.51. The second-order valence-corrected chi connectivity index (χ2v) is 6.83. The Balaban J connectivity index is 1.57. The van der Waals surface area contributed by atoms with Crippen LogP contribution < -0.4 is 5.32 Å². The molecular weight excluding hydrogens is 250 g/mol. The molecule has 0 aromatic rings. The van der Waals surface area contributed by atoms with Crippen molar-refractivity contribution in [2.75, 3.05) is 53.4 Å². The average molecular weight is 283 g/mol. The molecule has 2 atom stereocenters. The first-order valence-corrected chi connectivity index (χ1v) is 8.36. The van der Waals surface area contributed by atoms with Crippen molar-refractivity contribution in [1.29, 1.82) is 0 Å². The molecule has 118 valence electrons. The van der Waals surface area contributed by atoms with Gasteiger partial charge in [-0.25, -0.2) is 0 Å². The first-order valence-electron chi connectivity index (χ1n) is 8.36. The van der Waals surface area contributed by atoms with Crippen molar-refractivity contribution in [2.45, 2.75) is 44.8 Å². The second kappa shape index (κ2) is 8.32. The Labute approximate surface area is 124 Å². The molecule has 1 N–H and O–H groups in total. The molecule has 2 rings (SSSR count). The minimum absolute atomic E-state index is 0.460. The summed E-state index contributed by atoms with van der Waals surface area (Å²) in [6, 6.07) is 0.607. The van der Waals surface area contributed by atoms with Crippen LogP contribution in [0.4, 0.5) is 0 Å². The van der Waals surface area contributed by atoms with Crippen molar-refractivity contribution in [3.63, 3.8) is 0 Å². The maximum Gasteiger partial charge on any atom is 0.0700 e. The van der Waals surface area contributed by atoms with Crippen molar-refractivity contribution in [2.24, 2.45) is 5.92 Å². The highest BCUT2D eigenvalue weighted by Crippen LogP contribution is 2.17. The Hall–Kier alpha value is -0.160. The number of rotatable bonds is 7. The van der Waals surface area contributed by atoms with Gasteiger partial charge in [0.25, 0.3) is 0 Å². The topological polar surface area (TPSA) is 27.7 Å². The molecule has 0 amide bonds. The summed E-state index contributed by atoms with van der Waals surface area (Å²) in [6.45, 7) is 9.16. The van der Waals surface area contributed by atoms with E-state index in [1.54, 1.807) is 0 Å². The van der Waals surface area contributed by atoms with E-state index in [0.29, 0.717) is 12.1 Å². The van der Waals surface area contributed by atoms with E-state index in [2.05, 4.69) is 36.1 Å². The normalized spacial score (nSPS) is 27.3. The predicted molar refractivity (Wildman–Crippen MR) is 84.2 cm³/mol. The Morgan fingerprint density at radius 2 is 2.05 bits per heavy atom. The van der Waals surface area contributed by atoms with Gasteiger partial charge in [0.05, 0.1) is 6.10 Å². The van der Waals surface area contributed by atoms with Crippen LogP contribution in [0.25, 0.3) is 0 Å². The molecule has 0 radical (unpaired) electrons. The van der Waals surface area contributed by atoms with Gasteiger partial charge in [0.2, 0.25) is 0 Å². The third-order valence-electron chi connectivity index (χ3n) is 4.97. The van der Waals surface area contributed by atoms with Crippen LogP contribution in [0.1, 0.15) is 32.6 Å². The number of piperidine rings is 1. The van der Waals surface area contributed by atoms with Gasteiger partial charge in [-0.3, -0.25) is 0 Å². The molecule has 0 aromatic heterocycles. The summed E-state index contributed by atoms with van der Waals surface area (Å²) in [5.74, 6) is 0.886. The van der Waals surface area contributed by atoms with E-state index in [9.17, 15) is 0 Å². The van der Waals surface area contributed by atoms with E-state index >= 15 is 0 Å². The maximum absolute atomic E-state index is 5.65. The van der Waals surface area contributed by atoms with Crippen molar-refractivity contribution in [3.05, 3.63) is 0 Å². The number of ether oxygens (including phenoxy) is 1. The summed E-state index contributed by atoms with van der Waals surface area (Å²) in [6.07, 6.45) is 5.64. The largest absolute Gasteiger partial charge is 0.377 e. The van der Waals surface area contributed by atoms with Crippen LogP contribution >= 0.6 is 0 Å². The number of likely N-dealkylation sites (N-methyl/N-ethyl adjacent to an activating group) is 1. The zero-order valence-corrected chi connectivity index (χ0v) is 13.6. The lowest BCUT2D eigenvalue weighted by molar-refractivity contribution is 0.106. The highest BCUT2D eigenvalue weighted by atomic mass is 16.5. The van der Waals surface area contributed by atoms with Crippen LogP contribution in [0.3, 0.4) is 0 Å². The van der Waals surface area contributed by atoms with Gasteiger partial charge in [-0.15, -0.1) is 0 Å². The van der Waals surface area contributed by atoms with Crippen molar-refractivity contribution in [3.8, 4) is 0 Å². The lowest BCUT2D eigenvalue weighted by atomic mass is 9.96. The van der Waals surface area contributed by atoms with Crippen LogP contribution in [-0.4, -0.2) is 75.4 Å². The van der Waals surface area contributed by atoms with Gasteiger partial charge >= 0.3 is 0 Å². The van der Waals surface area contributed by atoms with Gasteiger partial charge in [-0.05, 0) is 65.7 Å². The number of likely N-dealkylation sites (tertiary alicyclic amines) is 1. The lowest BCUT2D eigenvalue weighted by Gasteiger charge is -2.34. The van der Waals surface area contributed by atoms with Crippen LogP contribution in [-0.2, 0) is 4.74 Å². The molecule has 0 bridgehead atoms. The Morgan fingerprint density at radius 3 is 2.70 bits per heavy atom. The molecule has 0 saturated carbocycles. The van der Waals surface area contributed by atoms with Crippen LogP contribution in [0, 0.1) is 5.92 Å². The summed E-state index contributed by atoms with van der Waals surface area (Å²) in [5.41, 5.74) is 0. The van der Waals surface area contributed by atoms with Crippen molar-refractivity contribution >= 4 is 0 Å². The van der Waals surface area contributed by atoms with E-state index in [1.165, 1.54) is 45.3 Å². The van der Waals surface area contributed by atoms with Crippen molar-refractivity contribution in [1.82, 2.24) is 15.1 Å². The summed E-state index contributed by atoms with van der Waals surface area (Å²) in [5, 5.41) is 3.58. The smallest absolute Gasteiger partial charge is 0.0700 e. The van der Waals surface area contributed by atoms with Gasteiger partial charge in [0.1, 0.15) is 0 Å². The average Bonchev–Trinajstić information content (AvgIpc) is 2.94. The number of nitrogens with one attached hydrogen (secondary N) is 1. The zero-order valence-electron chi connectivity index (χ0n) is 13.6. The molecule has 20 heavy (non-hydrogen) atoms. The molecule has 0 aromatic carbocycles. The molecule has 0 spiro atoms. The van der Waals surface area contributed by atoms with Crippen LogP contribution in [0.15, 0.2) is 0 Å². The van der Waals surface area contributed by atoms with E-state index in [0.717, 1.165) is 25.6 Å². The molecular formula is C16H33N3O. The Kier molecular flexibility index (Phi) is 6.75. The standard InChI is InChI=1S/C16H33N3O/c1-14(11-17-12-16-5-4-10-20-16)19(3)13-15-6-8-18(2)9-7-15/h14-17H,4-13H2,1-3H3. The van der Waals surface area contributed by atoms with Gasteiger partial charge < -0.3 is 19.9 Å². The quantitative estimate of drug-likeness (QED) is 0.765. The summed E-state index contributed by atoms with van der Waals surface area (Å²) in [4.78, 5) is 4.97. The third kappa shape index (κ3) is 5.32. The number of hydrogen-bond acceptors (Lipinski definition) is 4. The molecule has 2 saturated heterocycles. The molecule has 2 aliphatic heterocycles. The highest BCUT2D eigenvalue weighted by Gasteiger charge is 2.20. The maximum atomic E-state index is 5.65. The van der Waals surface area contributed by atoms with E-state index in [1.807, 2.05) is 0 Å². The van der Waals surface area contributed by atoms with Crippen molar-refractivity contribution < 1.29 is 4.74 Å². The van der Waals surface area contributed by atoms with Gasteiger partial charge in [-0.1, -0.05) is 0 Å². The summed E-state index contributed by atoms with van der Waals surface area (Å²) < 4.78 is 5.65. The SMILES string of the molecule is CC(CNCC1CCCO1)N(C)CC1CCN(C)CC1. The van der Waals surface area contributed by atoms with Gasteiger partial charge in [-0.2, -0.15) is 0 Å². The molecule has 2 unspecified atom stereocenters. The predicted octanol–water partition coefficient (Wildman–Crippen LogP) is 1.42. The Bertz CT molecular complexity index is 260. The minimum Gasteiger partial charge on any atom is -0.377 e.